The molecule has 2 heterocycles. The number of fused-ring (bicyclic) bond motifs is 1. The number of benzene rings is 3. The lowest BCUT2D eigenvalue weighted by Crippen LogP contribution is -2.29. The average Bonchev–Trinajstić information content (AvgIpc) is 3.50. The first-order valence-corrected chi connectivity index (χ1v) is 12.9. The van der Waals surface area contributed by atoms with Gasteiger partial charge in [0.15, 0.2) is 16.6 Å². The molecule has 0 radical (unpaired) electrons. The number of ketones is 1. The maximum Gasteiger partial charge on any atom is 0.301 e. The Kier molecular flexibility index (Phi) is 7.12. The minimum Gasteiger partial charge on any atom is -0.507 e. The van der Waals surface area contributed by atoms with Crippen LogP contribution in [0.5, 0.6) is 23.0 Å². The Morgan fingerprint density at radius 3 is 2.31 bits per heavy atom. The lowest BCUT2D eigenvalue weighted by molar-refractivity contribution is -0.132. The zero-order valence-corrected chi connectivity index (χ0v) is 22.6. The summed E-state index contributed by atoms with van der Waals surface area (Å²) in [5.74, 6) is 0.236. The normalized spacial score (nSPS) is 16.5. The van der Waals surface area contributed by atoms with Gasteiger partial charge in [0, 0.05) is 5.56 Å². The van der Waals surface area contributed by atoms with Crippen molar-refractivity contribution in [3.05, 3.63) is 77.4 Å². The van der Waals surface area contributed by atoms with Crippen molar-refractivity contribution >= 4 is 44.1 Å². The predicted molar refractivity (Wildman–Crippen MR) is 148 cm³/mol. The molecule has 1 amide bonds. The summed E-state index contributed by atoms with van der Waals surface area (Å²) in [7, 11) is 4.55. The fraction of sp³-hybridized carbons (Fsp3) is 0.207. The van der Waals surface area contributed by atoms with Crippen LogP contribution in [-0.2, 0) is 9.59 Å². The third-order valence-corrected chi connectivity index (χ3v) is 7.41. The van der Waals surface area contributed by atoms with E-state index >= 15 is 0 Å². The molecule has 0 unspecified atom stereocenters. The summed E-state index contributed by atoms with van der Waals surface area (Å²) < 4.78 is 22.5. The first-order chi connectivity index (χ1) is 18.9. The standard InChI is InChI=1S/C29H26N2O7S/c1-5-38-19-11-12-20-23(15-19)39-29(30-20)31-25(17-8-13-21(36-3)22(14-17)37-4)24(27(33)28(31)34)26(32)16-6-9-18(35-2)10-7-16/h6-15,25,32H,5H2,1-4H3/b26-24+/t25-/m0/s1. The highest BCUT2D eigenvalue weighted by molar-refractivity contribution is 7.22. The van der Waals surface area contributed by atoms with Crippen LogP contribution in [0, 0.1) is 0 Å². The summed E-state index contributed by atoms with van der Waals surface area (Å²) in [6.07, 6.45) is 0. The van der Waals surface area contributed by atoms with Gasteiger partial charge in [0.1, 0.15) is 17.3 Å². The summed E-state index contributed by atoms with van der Waals surface area (Å²) >= 11 is 1.26. The second kappa shape index (κ2) is 10.7. The Morgan fingerprint density at radius 1 is 0.923 bits per heavy atom. The van der Waals surface area contributed by atoms with Crippen LogP contribution >= 0.6 is 11.3 Å². The molecule has 0 aliphatic carbocycles. The van der Waals surface area contributed by atoms with E-state index in [9.17, 15) is 14.7 Å². The van der Waals surface area contributed by atoms with Gasteiger partial charge in [-0.15, -0.1) is 0 Å². The van der Waals surface area contributed by atoms with Crippen molar-refractivity contribution in [1.82, 2.24) is 4.98 Å². The predicted octanol–water partition coefficient (Wildman–Crippen LogP) is 5.35. The second-order valence-electron chi connectivity index (χ2n) is 8.57. The molecule has 9 nitrogen and oxygen atoms in total. The molecule has 1 saturated heterocycles. The first kappa shape index (κ1) is 26.1. The SMILES string of the molecule is CCOc1ccc2nc(N3C(=O)C(=O)/C(=C(/O)c4ccc(OC)cc4)[C@@H]3c3ccc(OC)c(OC)c3)sc2c1. The molecule has 4 aromatic rings. The fourth-order valence-corrected chi connectivity index (χ4v) is 5.55. The van der Waals surface area contributed by atoms with Gasteiger partial charge in [0.25, 0.3) is 5.78 Å². The Balaban J connectivity index is 1.70. The van der Waals surface area contributed by atoms with Crippen LogP contribution in [0.25, 0.3) is 16.0 Å². The van der Waals surface area contributed by atoms with Crippen LogP contribution in [0.2, 0.25) is 0 Å². The maximum absolute atomic E-state index is 13.6. The summed E-state index contributed by atoms with van der Waals surface area (Å²) in [5.41, 5.74) is 1.49. The lowest BCUT2D eigenvalue weighted by Gasteiger charge is -2.23. The molecule has 10 heteroatoms. The molecule has 200 valence electrons. The van der Waals surface area contributed by atoms with E-state index in [1.54, 1.807) is 54.6 Å². The molecule has 5 rings (SSSR count). The van der Waals surface area contributed by atoms with Crippen LogP contribution < -0.4 is 23.8 Å². The molecule has 39 heavy (non-hydrogen) atoms. The molecule has 0 saturated carbocycles. The smallest absolute Gasteiger partial charge is 0.301 e. The molecule has 0 spiro atoms. The van der Waals surface area contributed by atoms with Crippen LogP contribution in [0.3, 0.4) is 0 Å². The van der Waals surface area contributed by atoms with Gasteiger partial charge in [-0.3, -0.25) is 14.5 Å². The van der Waals surface area contributed by atoms with Crippen molar-refractivity contribution in [2.45, 2.75) is 13.0 Å². The van der Waals surface area contributed by atoms with Crippen LogP contribution in [0.1, 0.15) is 24.1 Å². The van der Waals surface area contributed by atoms with E-state index < -0.39 is 17.7 Å². The minimum absolute atomic E-state index is 0.0633. The minimum atomic E-state index is -0.973. The number of hydrogen-bond donors (Lipinski definition) is 1. The monoisotopic (exact) mass is 546 g/mol. The van der Waals surface area contributed by atoms with Crippen molar-refractivity contribution in [1.29, 1.82) is 0 Å². The number of nitrogens with zero attached hydrogens (tertiary/aromatic N) is 2. The molecule has 0 bridgehead atoms. The summed E-state index contributed by atoms with van der Waals surface area (Å²) in [6.45, 7) is 2.41. The topological polar surface area (TPSA) is 107 Å². The number of methoxy groups -OCH3 is 3. The van der Waals surface area contributed by atoms with Gasteiger partial charge in [-0.25, -0.2) is 4.98 Å². The number of aliphatic hydroxyl groups excluding tert-OH is 1. The highest BCUT2D eigenvalue weighted by Gasteiger charge is 2.48. The molecular formula is C29H26N2O7S. The zero-order chi connectivity index (χ0) is 27.7. The Labute approximate surface area is 228 Å². The van der Waals surface area contributed by atoms with Crippen molar-refractivity contribution in [2.24, 2.45) is 0 Å². The second-order valence-corrected chi connectivity index (χ2v) is 9.58. The van der Waals surface area contributed by atoms with E-state index in [4.69, 9.17) is 18.9 Å². The molecule has 1 aliphatic rings. The van der Waals surface area contributed by atoms with Gasteiger partial charge in [0.05, 0.1) is 49.8 Å². The van der Waals surface area contributed by atoms with Crippen LogP contribution in [0.4, 0.5) is 5.13 Å². The number of thiazole rings is 1. The van der Waals surface area contributed by atoms with Crippen molar-refractivity contribution in [2.75, 3.05) is 32.8 Å². The fourth-order valence-electron chi connectivity index (χ4n) is 4.52. The van der Waals surface area contributed by atoms with Crippen molar-refractivity contribution in [3.8, 4) is 23.0 Å². The Morgan fingerprint density at radius 2 is 1.64 bits per heavy atom. The zero-order valence-electron chi connectivity index (χ0n) is 21.8. The largest absolute Gasteiger partial charge is 0.507 e. The summed E-state index contributed by atoms with van der Waals surface area (Å²) in [6, 6.07) is 16.2. The third kappa shape index (κ3) is 4.63. The molecule has 1 aliphatic heterocycles. The first-order valence-electron chi connectivity index (χ1n) is 12.1. The quantitative estimate of drug-likeness (QED) is 0.179. The van der Waals surface area contributed by atoms with E-state index in [2.05, 4.69) is 4.98 Å². The number of carbonyl (C=O) groups excluding carboxylic acids is 2. The molecule has 1 atom stereocenters. The highest BCUT2D eigenvalue weighted by Crippen LogP contribution is 2.46. The Hall–Kier alpha value is -4.57. The third-order valence-electron chi connectivity index (χ3n) is 6.40. The van der Waals surface area contributed by atoms with Crippen LogP contribution in [-0.4, -0.2) is 49.7 Å². The number of anilines is 1. The number of aromatic nitrogens is 1. The average molecular weight is 547 g/mol. The molecular weight excluding hydrogens is 520 g/mol. The van der Waals surface area contributed by atoms with Gasteiger partial charge >= 0.3 is 5.91 Å². The number of Topliss-reactive ketones (excluding diaryl/α,β-unsaturated/α-hetero) is 1. The molecule has 3 aromatic carbocycles. The molecule has 1 aromatic heterocycles. The van der Waals surface area contributed by atoms with Gasteiger partial charge in [-0.05, 0) is 67.1 Å². The molecule has 1 N–H and O–H groups in total. The van der Waals surface area contributed by atoms with E-state index in [1.807, 2.05) is 13.0 Å². The van der Waals surface area contributed by atoms with Crippen molar-refractivity contribution in [3.63, 3.8) is 0 Å². The van der Waals surface area contributed by atoms with E-state index in [0.29, 0.717) is 51.4 Å². The van der Waals surface area contributed by atoms with E-state index in [1.165, 1.54) is 37.6 Å². The summed E-state index contributed by atoms with van der Waals surface area (Å²) in [4.78, 5) is 33.1. The van der Waals surface area contributed by atoms with Crippen molar-refractivity contribution < 1.29 is 33.6 Å². The van der Waals surface area contributed by atoms with Gasteiger partial charge in [-0.1, -0.05) is 17.4 Å². The molecule has 1 fully saturated rings. The number of carbonyl (C=O) groups is 2. The number of amides is 1. The number of aliphatic hydroxyl groups is 1. The van der Waals surface area contributed by atoms with Gasteiger partial charge in [0.2, 0.25) is 0 Å². The Bertz CT molecular complexity index is 1590. The lowest BCUT2D eigenvalue weighted by atomic mass is 9.95. The number of hydrogen-bond acceptors (Lipinski definition) is 9. The number of rotatable bonds is 8. The summed E-state index contributed by atoms with van der Waals surface area (Å²) in [5, 5.41) is 11.7. The van der Waals surface area contributed by atoms with Gasteiger partial charge in [-0.2, -0.15) is 0 Å². The number of ether oxygens (including phenoxy) is 4. The van der Waals surface area contributed by atoms with E-state index in [0.717, 1.165) is 4.70 Å². The van der Waals surface area contributed by atoms with Crippen LogP contribution in [0.15, 0.2) is 66.2 Å². The van der Waals surface area contributed by atoms with E-state index in [-0.39, 0.29) is 11.3 Å². The maximum atomic E-state index is 13.6. The highest BCUT2D eigenvalue weighted by atomic mass is 32.1. The van der Waals surface area contributed by atoms with Gasteiger partial charge < -0.3 is 24.1 Å².